The Hall–Kier alpha value is -1.52. The molecule has 0 spiro atoms. The van der Waals surface area contributed by atoms with Crippen molar-refractivity contribution in [3.05, 3.63) is 12.2 Å². The summed E-state index contributed by atoms with van der Waals surface area (Å²) in [7, 11) is 0. The van der Waals surface area contributed by atoms with Crippen molar-refractivity contribution in [1.82, 2.24) is 4.90 Å². The van der Waals surface area contributed by atoms with Gasteiger partial charge in [0.1, 0.15) is 6.04 Å². The largest absolute Gasteiger partial charge is 0.480 e. The van der Waals surface area contributed by atoms with Gasteiger partial charge in [0.05, 0.1) is 0 Å². The Labute approximate surface area is 87.0 Å². The smallest absolute Gasteiger partial charge is 0.408 e. The fraction of sp³-hybridized carbons (Fsp3) is 0.600. The third-order valence-electron chi connectivity index (χ3n) is 3.38. The number of carboxylic acids is 1. The normalized spacial score (nSPS) is 34.3. The zero-order chi connectivity index (χ0) is 11.2. The summed E-state index contributed by atoms with van der Waals surface area (Å²) in [5, 5.41) is 18.1. The summed E-state index contributed by atoms with van der Waals surface area (Å²) >= 11 is 0. The van der Waals surface area contributed by atoms with Crippen molar-refractivity contribution in [1.29, 1.82) is 0 Å². The molecular formula is C10H13NO4. The molecule has 2 N–H and O–H groups in total. The van der Waals surface area contributed by atoms with E-state index in [2.05, 4.69) is 6.58 Å². The molecule has 3 rings (SSSR count). The van der Waals surface area contributed by atoms with Gasteiger partial charge >= 0.3 is 12.1 Å². The molecule has 0 unspecified atom stereocenters. The zero-order valence-electron chi connectivity index (χ0n) is 8.22. The van der Waals surface area contributed by atoms with Crippen LogP contribution in [0.1, 0.15) is 19.3 Å². The van der Waals surface area contributed by atoms with Gasteiger partial charge in [-0.2, -0.15) is 0 Å². The van der Waals surface area contributed by atoms with E-state index in [1.807, 2.05) is 0 Å². The number of rotatable bonds is 1. The van der Waals surface area contributed by atoms with E-state index in [-0.39, 0.29) is 12.0 Å². The lowest BCUT2D eigenvalue weighted by molar-refractivity contribution is -0.148. The van der Waals surface area contributed by atoms with Crippen molar-refractivity contribution in [2.45, 2.75) is 31.3 Å². The predicted octanol–water partition coefficient (Wildman–Crippen LogP) is 1.16. The molecule has 3 aliphatic rings. The number of hydrogen-bond donors (Lipinski definition) is 2. The van der Waals surface area contributed by atoms with Crippen LogP contribution in [-0.4, -0.2) is 39.3 Å². The molecule has 0 radical (unpaired) electrons. The predicted molar refractivity (Wildman–Crippen MR) is 51.6 cm³/mol. The lowest BCUT2D eigenvalue weighted by atomic mass is 9.72. The van der Waals surface area contributed by atoms with Gasteiger partial charge in [0.2, 0.25) is 0 Å². The van der Waals surface area contributed by atoms with Gasteiger partial charge in [-0.15, -0.1) is 0 Å². The fourth-order valence-electron chi connectivity index (χ4n) is 2.74. The molecule has 3 atom stereocenters. The molecular weight excluding hydrogens is 198 g/mol. The van der Waals surface area contributed by atoms with Crippen LogP contribution >= 0.6 is 0 Å². The van der Waals surface area contributed by atoms with Gasteiger partial charge in [-0.05, 0) is 19.3 Å². The van der Waals surface area contributed by atoms with E-state index < -0.39 is 18.1 Å². The van der Waals surface area contributed by atoms with Crippen molar-refractivity contribution in [3.8, 4) is 0 Å². The van der Waals surface area contributed by atoms with Crippen LogP contribution in [0.5, 0.6) is 0 Å². The number of fused-ring (bicyclic) bond motifs is 3. The Morgan fingerprint density at radius 1 is 1.33 bits per heavy atom. The van der Waals surface area contributed by atoms with Gasteiger partial charge < -0.3 is 10.2 Å². The lowest BCUT2D eigenvalue weighted by Crippen LogP contribution is -2.60. The van der Waals surface area contributed by atoms with Gasteiger partial charge in [-0.3, -0.25) is 4.90 Å². The summed E-state index contributed by atoms with van der Waals surface area (Å²) in [5.74, 6) is -1.27. The standard InChI is InChI=1S/C10H13NO4/c1-5-4-6-2-3-7(5)8(9(12)13)11(6)10(14)15/h6-8H,1-4H2,(H,12,13)(H,14,15)/t6-,7+,8+/m0/s1. The molecule has 0 aromatic carbocycles. The van der Waals surface area contributed by atoms with E-state index in [0.717, 1.165) is 23.3 Å². The summed E-state index contributed by atoms with van der Waals surface area (Å²) in [4.78, 5) is 23.1. The van der Waals surface area contributed by atoms with Crippen molar-refractivity contribution >= 4 is 12.1 Å². The molecule has 15 heavy (non-hydrogen) atoms. The Kier molecular flexibility index (Phi) is 2.17. The highest BCUT2D eigenvalue weighted by Gasteiger charge is 2.49. The van der Waals surface area contributed by atoms with Crippen molar-refractivity contribution in [3.63, 3.8) is 0 Å². The first-order valence-corrected chi connectivity index (χ1v) is 4.94. The molecule has 2 saturated heterocycles. The highest BCUT2D eigenvalue weighted by Crippen LogP contribution is 2.42. The minimum Gasteiger partial charge on any atom is -0.480 e. The van der Waals surface area contributed by atoms with E-state index in [0.29, 0.717) is 6.42 Å². The first-order chi connectivity index (χ1) is 7.02. The average Bonchev–Trinajstić information content (AvgIpc) is 2.16. The van der Waals surface area contributed by atoms with Gasteiger partial charge in [0, 0.05) is 12.0 Å². The van der Waals surface area contributed by atoms with E-state index in [9.17, 15) is 9.59 Å². The topological polar surface area (TPSA) is 77.8 Å². The fourth-order valence-corrected chi connectivity index (χ4v) is 2.74. The second-order valence-electron chi connectivity index (χ2n) is 4.17. The van der Waals surface area contributed by atoms with E-state index in [1.165, 1.54) is 0 Å². The van der Waals surface area contributed by atoms with Gasteiger partial charge in [0.15, 0.2) is 0 Å². The second kappa shape index (κ2) is 3.25. The second-order valence-corrected chi connectivity index (χ2v) is 4.17. The Morgan fingerprint density at radius 3 is 2.47 bits per heavy atom. The number of carboxylic acid groups (broad SMARTS) is 2. The van der Waals surface area contributed by atoms with Crippen molar-refractivity contribution in [2.24, 2.45) is 5.92 Å². The maximum atomic E-state index is 11.1. The Bertz CT molecular complexity index is 338. The molecule has 0 aromatic heterocycles. The maximum absolute atomic E-state index is 11.1. The number of piperidine rings is 2. The number of aliphatic carboxylic acids is 1. The minimum absolute atomic E-state index is 0.193. The van der Waals surface area contributed by atoms with Crippen LogP contribution in [0.2, 0.25) is 0 Å². The molecule has 0 aromatic rings. The molecule has 2 bridgehead atoms. The quantitative estimate of drug-likeness (QED) is 0.638. The van der Waals surface area contributed by atoms with Crippen LogP contribution in [-0.2, 0) is 4.79 Å². The molecule has 3 fully saturated rings. The van der Waals surface area contributed by atoms with E-state index >= 15 is 0 Å². The Balaban J connectivity index is 2.35. The van der Waals surface area contributed by atoms with Gasteiger partial charge in [-0.25, -0.2) is 9.59 Å². The van der Waals surface area contributed by atoms with Gasteiger partial charge in [-0.1, -0.05) is 12.2 Å². The maximum Gasteiger partial charge on any atom is 0.408 e. The summed E-state index contributed by atoms with van der Waals surface area (Å²) < 4.78 is 0. The van der Waals surface area contributed by atoms with Crippen LogP contribution < -0.4 is 0 Å². The van der Waals surface area contributed by atoms with Crippen LogP contribution in [0.4, 0.5) is 4.79 Å². The van der Waals surface area contributed by atoms with Crippen LogP contribution in [0.15, 0.2) is 12.2 Å². The van der Waals surface area contributed by atoms with Crippen LogP contribution in [0.3, 0.4) is 0 Å². The first kappa shape index (κ1) is 10.0. The van der Waals surface area contributed by atoms with Gasteiger partial charge in [0.25, 0.3) is 0 Å². The number of nitrogens with zero attached hydrogens (tertiary/aromatic N) is 1. The molecule has 2 aliphatic heterocycles. The SMILES string of the molecule is C=C1C[C@@H]2CC[C@H]1[C@H](C(=O)O)N2C(=O)O. The molecule has 2 heterocycles. The highest BCUT2D eigenvalue weighted by atomic mass is 16.4. The molecule has 1 saturated carbocycles. The van der Waals surface area contributed by atoms with Crippen molar-refractivity contribution in [2.75, 3.05) is 0 Å². The summed E-state index contributed by atoms with van der Waals surface area (Å²) in [6.45, 7) is 3.84. The van der Waals surface area contributed by atoms with Crippen LogP contribution in [0, 0.1) is 5.92 Å². The number of carbonyl (C=O) groups is 2. The third kappa shape index (κ3) is 1.38. The van der Waals surface area contributed by atoms with E-state index in [4.69, 9.17) is 10.2 Å². The molecule has 1 aliphatic carbocycles. The minimum atomic E-state index is -1.13. The zero-order valence-corrected chi connectivity index (χ0v) is 8.22. The molecule has 1 amide bonds. The number of amides is 1. The van der Waals surface area contributed by atoms with Crippen LogP contribution in [0.25, 0.3) is 0 Å². The molecule has 5 heteroatoms. The average molecular weight is 211 g/mol. The van der Waals surface area contributed by atoms with Crippen molar-refractivity contribution < 1.29 is 19.8 Å². The number of hydrogen-bond acceptors (Lipinski definition) is 2. The molecule has 82 valence electrons. The van der Waals surface area contributed by atoms with E-state index in [1.54, 1.807) is 0 Å². The highest BCUT2D eigenvalue weighted by molar-refractivity contribution is 5.81. The summed E-state index contributed by atoms with van der Waals surface area (Å²) in [6, 6.07) is -1.12. The monoisotopic (exact) mass is 211 g/mol. The first-order valence-electron chi connectivity index (χ1n) is 4.94. The Morgan fingerprint density at radius 2 is 2.00 bits per heavy atom. The summed E-state index contributed by atoms with van der Waals surface area (Å²) in [6.07, 6.45) is 0.967. The third-order valence-corrected chi connectivity index (χ3v) is 3.38. The molecule has 5 nitrogen and oxygen atoms in total. The lowest BCUT2D eigenvalue weighted by Gasteiger charge is -2.49. The summed E-state index contributed by atoms with van der Waals surface area (Å²) in [5.41, 5.74) is 0.885.